The van der Waals surface area contributed by atoms with Crippen molar-refractivity contribution < 1.29 is 9.47 Å². The molecular formula is C21H20N4O3S. The van der Waals surface area contributed by atoms with E-state index >= 15 is 0 Å². The van der Waals surface area contributed by atoms with Gasteiger partial charge in [-0.25, -0.2) is 0 Å². The summed E-state index contributed by atoms with van der Waals surface area (Å²) in [5, 5.41) is 4.35. The van der Waals surface area contributed by atoms with E-state index in [1.807, 2.05) is 43.3 Å². The Balaban J connectivity index is 1.71. The Hall–Kier alpha value is -3.26. The fourth-order valence-corrected chi connectivity index (χ4v) is 3.73. The van der Waals surface area contributed by atoms with E-state index in [0.717, 1.165) is 17.5 Å². The molecule has 0 amide bonds. The maximum absolute atomic E-state index is 12.8. The van der Waals surface area contributed by atoms with Crippen LogP contribution in [0.4, 0.5) is 0 Å². The van der Waals surface area contributed by atoms with E-state index in [4.69, 9.17) is 9.47 Å². The van der Waals surface area contributed by atoms with Gasteiger partial charge in [0.15, 0.2) is 17.3 Å². The third kappa shape index (κ3) is 3.97. The van der Waals surface area contributed by atoms with Crippen LogP contribution >= 0.6 is 11.3 Å². The maximum Gasteiger partial charge on any atom is 0.291 e. The highest BCUT2D eigenvalue weighted by Crippen LogP contribution is 2.29. The lowest BCUT2D eigenvalue weighted by Gasteiger charge is -2.11. The Bertz CT molecular complexity index is 1230. The summed E-state index contributed by atoms with van der Waals surface area (Å²) in [5.74, 6) is 1.89. The van der Waals surface area contributed by atoms with Gasteiger partial charge >= 0.3 is 0 Å². The molecule has 7 nitrogen and oxygen atoms in total. The minimum atomic E-state index is -0.193. The van der Waals surface area contributed by atoms with Gasteiger partial charge in [-0.15, -0.1) is 5.10 Å². The molecule has 0 bridgehead atoms. The Morgan fingerprint density at radius 1 is 1.10 bits per heavy atom. The fraction of sp³-hybridized carbons (Fsp3) is 0.238. The van der Waals surface area contributed by atoms with Crippen LogP contribution in [0.1, 0.15) is 25.8 Å². The third-order valence-electron chi connectivity index (χ3n) is 4.15. The zero-order valence-corrected chi connectivity index (χ0v) is 17.0. The summed E-state index contributed by atoms with van der Waals surface area (Å²) in [6.45, 7) is 5.14. The van der Waals surface area contributed by atoms with Gasteiger partial charge in [0.05, 0.1) is 17.7 Å². The van der Waals surface area contributed by atoms with Crippen molar-refractivity contribution in [1.29, 1.82) is 0 Å². The number of benzene rings is 1. The van der Waals surface area contributed by atoms with Gasteiger partial charge in [0, 0.05) is 18.0 Å². The standard InChI is InChI=1S/C21H20N4O3S/c1-3-11-28-16-6-5-14(12-17(16)27-4-2)13-18-20(26)25-21(29-18)23-19(24-25)15-7-9-22-10-8-15/h5-10,12-13H,3-4,11H2,1-2H3. The van der Waals surface area contributed by atoms with Gasteiger partial charge < -0.3 is 9.47 Å². The summed E-state index contributed by atoms with van der Waals surface area (Å²) < 4.78 is 13.3. The summed E-state index contributed by atoms with van der Waals surface area (Å²) in [4.78, 5) is 21.8. The highest BCUT2D eigenvalue weighted by Gasteiger charge is 2.12. The number of pyridine rings is 1. The van der Waals surface area contributed by atoms with Crippen molar-refractivity contribution in [2.75, 3.05) is 13.2 Å². The first-order chi connectivity index (χ1) is 14.2. The van der Waals surface area contributed by atoms with Crippen molar-refractivity contribution in [3.63, 3.8) is 0 Å². The topological polar surface area (TPSA) is 78.6 Å². The predicted octanol–water partition coefficient (Wildman–Crippen LogP) is 2.95. The number of hydrogen-bond donors (Lipinski definition) is 0. The third-order valence-corrected chi connectivity index (χ3v) is 5.11. The normalized spacial score (nSPS) is 11.9. The van der Waals surface area contributed by atoms with Gasteiger partial charge in [0.25, 0.3) is 5.56 Å². The van der Waals surface area contributed by atoms with Crippen LogP contribution in [0.5, 0.6) is 11.5 Å². The van der Waals surface area contributed by atoms with Crippen LogP contribution in [-0.2, 0) is 0 Å². The van der Waals surface area contributed by atoms with Crippen LogP contribution in [0, 0.1) is 0 Å². The number of hydrogen-bond acceptors (Lipinski definition) is 7. The van der Waals surface area contributed by atoms with Crippen LogP contribution in [0.2, 0.25) is 0 Å². The first-order valence-corrected chi connectivity index (χ1v) is 10.2. The minimum Gasteiger partial charge on any atom is -0.490 e. The minimum absolute atomic E-state index is 0.193. The zero-order chi connectivity index (χ0) is 20.2. The molecule has 0 N–H and O–H groups in total. The second-order valence-electron chi connectivity index (χ2n) is 6.27. The smallest absolute Gasteiger partial charge is 0.291 e. The highest BCUT2D eigenvalue weighted by molar-refractivity contribution is 7.15. The number of rotatable bonds is 7. The van der Waals surface area contributed by atoms with Crippen molar-refractivity contribution in [3.05, 3.63) is 63.2 Å². The van der Waals surface area contributed by atoms with Crippen LogP contribution in [0.15, 0.2) is 47.5 Å². The summed E-state index contributed by atoms with van der Waals surface area (Å²) >= 11 is 1.31. The Morgan fingerprint density at radius 2 is 1.93 bits per heavy atom. The number of fused-ring (bicyclic) bond motifs is 1. The van der Waals surface area contributed by atoms with Gasteiger partial charge in [-0.05, 0) is 49.2 Å². The summed E-state index contributed by atoms with van der Waals surface area (Å²) in [6, 6.07) is 9.29. The largest absolute Gasteiger partial charge is 0.490 e. The molecule has 4 rings (SSSR count). The molecule has 29 heavy (non-hydrogen) atoms. The van der Waals surface area contributed by atoms with Crippen molar-refractivity contribution in [3.8, 4) is 22.9 Å². The molecule has 0 radical (unpaired) electrons. The first kappa shape index (κ1) is 19.1. The average Bonchev–Trinajstić information content (AvgIpc) is 3.28. The molecule has 0 spiro atoms. The maximum atomic E-state index is 12.8. The molecule has 3 aromatic heterocycles. The second kappa shape index (κ2) is 8.40. The molecule has 0 saturated carbocycles. The van der Waals surface area contributed by atoms with E-state index in [1.54, 1.807) is 12.4 Å². The van der Waals surface area contributed by atoms with E-state index in [9.17, 15) is 4.79 Å². The van der Waals surface area contributed by atoms with E-state index in [1.165, 1.54) is 15.9 Å². The lowest BCUT2D eigenvalue weighted by molar-refractivity contribution is 0.277. The second-order valence-corrected chi connectivity index (χ2v) is 7.28. The molecule has 1 aromatic carbocycles. The Labute approximate surface area is 171 Å². The summed E-state index contributed by atoms with van der Waals surface area (Å²) in [6.07, 6.45) is 6.08. The number of aromatic nitrogens is 4. The molecule has 4 aromatic rings. The molecule has 0 atom stereocenters. The average molecular weight is 408 g/mol. The number of thiazole rings is 1. The fourth-order valence-electron chi connectivity index (χ4n) is 2.82. The predicted molar refractivity (Wildman–Crippen MR) is 113 cm³/mol. The van der Waals surface area contributed by atoms with E-state index in [-0.39, 0.29) is 5.56 Å². The van der Waals surface area contributed by atoms with Gasteiger partial charge in [-0.1, -0.05) is 24.3 Å². The summed E-state index contributed by atoms with van der Waals surface area (Å²) in [7, 11) is 0. The molecule has 0 fully saturated rings. The molecule has 148 valence electrons. The van der Waals surface area contributed by atoms with Gasteiger partial charge in [0.2, 0.25) is 4.96 Å². The zero-order valence-electron chi connectivity index (χ0n) is 16.2. The van der Waals surface area contributed by atoms with E-state index in [0.29, 0.717) is 40.0 Å². The Kier molecular flexibility index (Phi) is 5.53. The van der Waals surface area contributed by atoms with E-state index in [2.05, 4.69) is 22.0 Å². The van der Waals surface area contributed by atoms with Gasteiger partial charge in [0.1, 0.15) is 0 Å². The highest BCUT2D eigenvalue weighted by atomic mass is 32.1. The van der Waals surface area contributed by atoms with Crippen molar-refractivity contribution in [2.24, 2.45) is 0 Å². The number of ether oxygens (including phenoxy) is 2. The molecule has 0 saturated heterocycles. The van der Waals surface area contributed by atoms with Crippen LogP contribution in [0.3, 0.4) is 0 Å². The van der Waals surface area contributed by atoms with Gasteiger partial charge in [-0.3, -0.25) is 9.78 Å². The molecule has 0 aliphatic heterocycles. The molecule has 8 heteroatoms. The van der Waals surface area contributed by atoms with Crippen molar-refractivity contribution >= 4 is 22.4 Å². The SMILES string of the molecule is CCCOc1ccc(C=c2sc3nc(-c4ccncc4)nn3c2=O)cc1OCC. The van der Waals surface area contributed by atoms with Gasteiger partial charge in [-0.2, -0.15) is 9.50 Å². The molecule has 3 heterocycles. The number of nitrogens with zero attached hydrogens (tertiary/aromatic N) is 4. The molecule has 0 aliphatic rings. The quantitative estimate of drug-likeness (QED) is 0.468. The lowest BCUT2D eigenvalue weighted by Crippen LogP contribution is -2.23. The Morgan fingerprint density at radius 3 is 2.66 bits per heavy atom. The van der Waals surface area contributed by atoms with Crippen LogP contribution in [0.25, 0.3) is 22.4 Å². The van der Waals surface area contributed by atoms with E-state index < -0.39 is 0 Å². The monoisotopic (exact) mass is 408 g/mol. The molecular weight excluding hydrogens is 388 g/mol. The molecule has 0 unspecified atom stereocenters. The molecule has 0 aliphatic carbocycles. The lowest BCUT2D eigenvalue weighted by atomic mass is 10.2. The summed E-state index contributed by atoms with van der Waals surface area (Å²) in [5.41, 5.74) is 1.49. The van der Waals surface area contributed by atoms with Crippen molar-refractivity contribution in [1.82, 2.24) is 19.6 Å². The van der Waals surface area contributed by atoms with Crippen molar-refractivity contribution in [2.45, 2.75) is 20.3 Å². The first-order valence-electron chi connectivity index (χ1n) is 9.41. The van der Waals surface area contributed by atoms with Crippen LogP contribution in [-0.4, -0.2) is 32.8 Å². The van der Waals surface area contributed by atoms with Crippen LogP contribution < -0.4 is 19.6 Å².